The molecule has 4 aromatic rings. The SMILES string of the molecule is CCOC(=O)Cc1c(-c2cccc(OC)c2)c2ccccc2c2ccccc12. The van der Waals surface area contributed by atoms with Crippen LogP contribution in [0.3, 0.4) is 0 Å². The van der Waals surface area contributed by atoms with Crippen molar-refractivity contribution in [1.82, 2.24) is 0 Å². The van der Waals surface area contributed by atoms with Gasteiger partial charge in [-0.2, -0.15) is 0 Å². The van der Waals surface area contributed by atoms with E-state index < -0.39 is 0 Å². The number of methoxy groups -OCH3 is 1. The van der Waals surface area contributed by atoms with Crippen molar-refractivity contribution in [3.8, 4) is 16.9 Å². The zero-order valence-corrected chi connectivity index (χ0v) is 16.1. The highest BCUT2D eigenvalue weighted by atomic mass is 16.5. The maximum absolute atomic E-state index is 12.5. The van der Waals surface area contributed by atoms with Gasteiger partial charge in [0.15, 0.2) is 0 Å². The van der Waals surface area contributed by atoms with Crippen molar-refractivity contribution in [2.75, 3.05) is 13.7 Å². The minimum Gasteiger partial charge on any atom is -0.497 e. The lowest BCUT2D eigenvalue weighted by molar-refractivity contribution is -0.142. The molecule has 0 aromatic heterocycles. The second kappa shape index (κ2) is 7.73. The second-order valence-electron chi connectivity index (χ2n) is 6.66. The van der Waals surface area contributed by atoms with Gasteiger partial charge in [-0.3, -0.25) is 4.79 Å². The van der Waals surface area contributed by atoms with Crippen LogP contribution in [-0.2, 0) is 16.0 Å². The van der Waals surface area contributed by atoms with E-state index in [4.69, 9.17) is 9.47 Å². The molecular weight excluding hydrogens is 348 g/mol. The summed E-state index contributed by atoms with van der Waals surface area (Å²) >= 11 is 0. The minimum absolute atomic E-state index is 0.216. The third kappa shape index (κ3) is 3.20. The molecular formula is C25H22O3. The lowest BCUT2D eigenvalue weighted by Crippen LogP contribution is -2.09. The van der Waals surface area contributed by atoms with E-state index in [0.29, 0.717) is 6.61 Å². The molecule has 0 N–H and O–H groups in total. The van der Waals surface area contributed by atoms with Gasteiger partial charge in [-0.05, 0) is 57.3 Å². The molecule has 3 heteroatoms. The molecule has 4 aromatic carbocycles. The molecule has 0 radical (unpaired) electrons. The predicted molar refractivity (Wildman–Crippen MR) is 114 cm³/mol. The van der Waals surface area contributed by atoms with Crippen molar-refractivity contribution in [2.45, 2.75) is 13.3 Å². The summed E-state index contributed by atoms with van der Waals surface area (Å²) in [5, 5.41) is 4.51. The fourth-order valence-corrected chi connectivity index (χ4v) is 3.86. The molecule has 3 nitrogen and oxygen atoms in total. The zero-order valence-electron chi connectivity index (χ0n) is 16.1. The predicted octanol–water partition coefficient (Wildman–Crippen LogP) is 5.77. The van der Waals surface area contributed by atoms with Gasteiger partial charge < -0.3 is 9.47 Å². The summed E-state index contributed by atoms with van der Waals surface area (Å²) < 4.78 is 10.7. The molecule has 0 spiro atoms. The molecule has 28 heavy (non-hydrogen) atoms. The number of carbonyl (C=O) groups excluding carboxylic acids is 1. The van der Waals surface area contributed by atoms with Gasteiger partial charge in [0.2, 0.25) is 0 Å². The first-order valence-electron chi connectivity index (χ1n) is 9.45. The van der Waals surface area contributed by atoms with Crippen LogP contribution in [0.4, 0.5) is 0 Å². The summed E-state index contributed by atoms with van der Waals surface area (Å²) in [6.07, 6.45) is 0.228. The maximum Gasteiger partial charge on any atom is 0.310 e. The number of fused-ring (bicyclic) bond motifs is 3. The Labute approximate surface area is 164 Å². The quantitative estimate of drug-likeness (QED) is 0.330. The molecule has 140 valence electrons. The monoisotopic (exact) mass is 370 g/mol. The van der Waals surface area contributed by atoms with Crippen LogP contribution in [0.25, 0.3) is 32.7 Å². The number of rotatable bonds is 5. The van der Waals surface area contributed by atoms with Crippen molar-refractivity contribution in [3.63, 3.8) is 0 Å². The van der Waals surface area contributed by atoms with Crippen molar-refractivity contribution in [3.05, 3.63) is 78.4 Å². The van der Waals surface area contributed by atoms with Gasteiger partial charge in [0.1, 0.15) is 5.75 Å². The van der Waals surface area contributed by atoms with Gasteiger partial charge in [0, 0.05) is 0 Å². The Morgan fingerprint density at radius 2 is 1.46 bits per heavy atom. The average molecular weight is 370 g/mol. The smallest absolute Gasteiger partial charge is 0.310 e. The van der Waals surface area contributed by atoms with Gasteiger partial charge >= 0.3 is 5.97 Å². The van der Waals surface area contributed by atoms with Gasteiger partial charge in [-0.1, -0.05) is 60.7 Å². The molecule has 0 aliphatic rings. The van der Waals surface area contributed by atoms with Crippen LogP contribution in [0.5, 0.6) is 5.75 Å². The third-order valence-electron chi connectivity index (χ3n) is 5.03. The Hall–Kier alpha value is -3.33. The molecule has 0 amide bonds. The van der Waals surface area contributed by atoms with Gasteiger partial charge in [0.05, 0.1) is 20.1 Å². The fourth-order valence-electron chi connectivity index (χ4n) is 3.86. The molecule has 0 fully saturated rings. The van der Waals surface area contributed by atoms with E-state index in [1.165, 1.54) is 5.39 Å². The van der Waals surface area contributed by atoms with E-state index in [9.17, 15) is 4.79 Å². The van der Waals surface area contributed by atoms with Crippen LogP contribution in [-0.4, -0.2) is 19.7 Å². The van der Waals surface area contributed by atoms with E-state index in [1.807, 2.05) is 43.3 Å². The molecule has 4 rings (SSSR count). The van der Waals surface area contributed by atoms with E-state index in [1.54, 1.807) is 7.11 Å². The van der Waals surface area contributed by atoms with Crippen LogP contribution in [0.15, 0.2) is 72.8 Å². The first-order chi connectivity index (χ1) is 13.7. The Morgan fingerprint density at radius 1 is 0.821 bits per heavy atom. The fraction of sp³-hybridized carbons (Fsp3) is 0.160. The highest BCUT2D eigenvalue weighted by molar-refractivity contribution is 6.16. The Bertz CT molecular complexity index is 1160. The summed E-state index contributed by atoms with van der Waals surface area (Å²) in [6, 6.07) is 24.6. The first-order valence-corrected chi connectivity index (χ1v) is 9.45. The van der Waals surface area contributed by atoms with Crippen LogP contribution < -0.4 is 4.74 Å². The summed E-state index contributed by atoms with van der Waals surface area (Å²) in [5.41, 5.74) is 3.07. The van der Waals surface area contributed by atoms with E-state index in [2.05, 4.69) is 36.4 Å². The second-order valence-corrected chi connectivity index (χ2v) is 6.66. The topological polar surface area (TPSA) is 35.5 Å². The molecule has 0 bridgehead atoms. The molecule has 0 atom stereocenters. The summed E-state index contributed by atoms with van der Waals surface area (Å²) in [6.45, 7) is 2.21. The van der Waals surface area contributed by atoms with Crippen molar-refractivity contribution < 1.29 is 14.3 Å². The normalized spacial score (nSPS) is 10.9. The number of carbonyl (C=O) groups is 1. The Morgan fingerprint density at radius 3 is 2.14 bits per heavy atom. The van der Waals surface area contributed by atoms with Crippen LogP contribution >= 0.6 is 0 Å². The number of esters is 1. The highest BCUT2D eigenvalue weighted by Gasteiger charge is 2.18. The molecule has 0 aliphatic heterocycles. The summed E-state index contributed by atoms with van der Waals surface area (Å²) in [5.74, 6) is 0.573. The van der Waals surface area contributed by atoms with E-state index in [-0.39, 0.29) is 12.4 Å². The lowest BCUT2D eigenvalue weighted by Gasteiger charge is -2.18. The average Bonchev–Trinajstić information content (AvgIpc) is 2.74. The largest absolute Gasteiger partial charge is 0.497 e. The lowest BCUT2D eigenvalue weighted by atomic mass is 9.86. The van der Waals surface area contributed by atoms with E-state index >= 15 is 0 Å². The summed E-state index contributed by atoms with van der Waals surface area (Å²) in [7, 11) is 1.66. The molecule has 0 heterocycles. The van der Waals surface area contributed by atoms with Crippen LogP contribution in [0, 0.1) is 0 Å². The molecule has 0 saturated heterocycles. The molecule has 0 aliphatic carbocycles. The summed E-state index contributed by atoms with van der Waals surface area (Å²) in [4.78, 5) is 12.5. The molecule has 0 saturated carbocycles. The minimum atomic E-state index is -0.216. The number of ether oxygens (including phenoxy) is 2. The van der Waals surface area contributed by atoms with Crippen molar-refractivity contribution >= 4 is 27.5 Å². The Kier molecular flexibility index (Phi) is 4.98. The van der Waals surface area contributed by atoms with Crippen molar-refractivity contribution in [1.29, 1.82) is 0 Å². The number of hydrogen-bond acceptors (Lipinski definition) is 3. The van der Waals surface area contributed by atoms with Gasteiger partial charge in [0.25, 0.3) is 0 Å². The maximum atomic E-state index is 12.5. The molecule has 0 unspecified atom stereocenters. The highest BCUT2D eigenvalue weighted by Crippen LogP contribution is 2.40. The van der Waals surface area contributed by atoms with Crippen molar-refractivity contribution in [2.24, 2.45) is 0 Å². The van der Waals surface area contributed by atoms with E-state index in [0.717, 1.165) is 38.6 Å². The van der Waals surface area contributed by atoms with Crippen LogP contribution in [0.1, 0.15) is 12.5 Å². The van der Waals surface area contributed by atoms with Gasteiger partial charge in [-0.25, -0.2) is 0 Å². The first kappa shape index (κ1) is 18.1. The zero-order chi connectivity index (χ0) is 19.5. The Balaban J connectivity index is 2.10. The number of hydrogen-bond donors (Lipinski definition) is 0. The van der Waals surface area contributed by atoms with Crippen LogP contribution in [0.2, 0.25) is 0 Å². The van der Waals surface area contributed by atoms with Gasteiger partial charge in [-0.15, -0.1) is 0 Å². The standard InChI is InChI=1S/C25H22O3/c1-3-28-24(26)16-23-21-13-5-4-11-19(21)20-12-6-7-14-22(20)25(23)17-9-8-10-18(15-17)27-2/h4-15H,3,16H2,1-2H3. The number of benzene rings is 4. The third-order valence-corrected chi connectivity index (χ3v) is 5.03.